The molecule has 0 saturated carbocycles. The van der Waals surface area contributed by atoms with Gasteiger partial charge in [-0.3, -0.25) is 0 Å². The Hall–Kier alpha value is -2.93. The van der Waals surface area contributed by atoms with Crippen LogP contribution in [0.25, 0.3) is 10.8 Å². The van der Waals surface area contributed by atoms with Crippen molar-refractivity contribution in [1.82, 2.24) is 0 Å². The molecule has 3 aromatic rings. The van der Waals surface area contributed by atoms with Gasteiger partial charge in [0, 0.05) is 0 Å². The lowest BCUT2D eigenvalue weighted by Gasteiger charge is -2.24. The van der Waals surface area contributed by atoms with E-state index in [1.54, 1.807) is 51.1 Å². The van der Waals surface area contributed by atoms with Gasteiger partial charge < -0.3 is 14.2 Å². The highest BCUT2D eigenvalue weighted by molar-refractivity contribution is 6.32. The molecule has 0 aliphatic heterocycles. The molecule has 0 N–H and O–H groups in total. The topological polar surface area (TPSA) is 44.8 Å². The van der Waals surface area contributed by atoms with Crippen LogP contribution in [0.3, 0.4) is 0 Å². The molecule has 0 amide bonds. The lowest BCUT2D eigenvalue weighted by molar-refractivity contribution is -0.158. The molecule has 0 unspecified atom stereocenters. The first-order valence-electron chi connectivity index (χ1n) is 9.44. The Bertz CT molecular complexity index is 1110. The third-order valence-corrected chi connectivity index (χ3v) is 4.71. The first-order chi connectivity index (χ1) is 14.5. The Morgan fingerprint density at radius 1 is 0.935 bits per heavy atom. The minimum Gasteiger partial charge on any atom is -0.476 e. The molecule has 0 aliphatic rings. The summed E-state index contributed by atoms with van der Waals surface area (Å²) in [5, 5.41) is 1.48. The molecule has 4 nitrogen and oxygen atoms in total. The summed E-state index contributed by atoms with van der Waals surface area (Å²) < 4.78 is 54.9. The number of rotatable bonds is 6. The van der Waals surface area contributed by atoms with Gasteiger partial charge in [0.25, 0.3) is 0 Å². The van der Waals surface area contributed by atoms with E-state index in [0.29, 0.717) is 11.5 Å². The molecule has 0 heterocycles. The number of benzene rings is 3. The average molecular weight is 453 g/mol. The first-order valence-corrected chi connectivity index (χ1v) is 9.82. The molecule has 0 saturated heterocycles. The zero-order valence-electron chi connectivity index (χ0n) is 17.0. The van der Waals surface area contributed by atoms with Crippen LogP contribution in [0.4, 0.5) is 13.2 Å². The third-order valence-electron chi connectivity index (χ3n) is 4.41. The number of hydrogen-bond donors (Lipinski definition) is 0. The van der Waals surface area contributed by atoms with Gasteiger partial charge in [-0.15, -0.1) is 0 Å². The van der Waals surface area contributed by atoms with Gasteiger partial charge >= 0.3 is 12.1 Å². The van der Waals surface area contributed by atoms with Crippen molar-refractivity contribution in [1.29, 1.82) is 0 Å². The van der Waals surface area contributed by atoms with E-state index in [1.165, 1.54) is 6.07 Å². The largest absolute Gasteiger partial charge is 0.476 e. The van der Waals surface area contributed by atoms with Crippen LogP contribution in [0, 0.1) is 0 Å². The minimum absolute atomic E-state index is 0.102. The number of halogens is 4. The van der Waals surface area contributed by atoms with Gasteiger partial charge in [0.05, 0.1) is 17.2 Å². The fourth-order valence-corrected chi connectivity index (χ4v) is 3.08. The molecule has 3 aromatic carbocycles. The Kier molecular flexibility index (Phi) is 6.36. The molecule has 164 valence electrons. The van der Waals surface area contributed by atoms with Gasteiger partial charge in [-0.1, -0.05) is 23.7 Å². The van der Waals surface area contributed by atoms with Crippen LogP contribution >= 0.6 is 11.6 Å². The number of fused-ring (bicyclic) bond motifs is 1. The Labute approximate surface area is 182 Å². The maximum atomic E-state index is 12.8. The van der Waals surface area contributed by atoms with Gasteiger partial charge in [-0.25, -0.2) is 4.79 Å². The van der Waals surface area contributed by atoms with Crippen LogP contribution in [-0.2, 0) is 15.7 Å². The van der Waals surface area contributed by atoms with Crippen LogP contribution in [0.5, 0.6) is 17.2 Å². The number of hydrogen-bond acceptors (Lipinski definition) is 4. The van der Waals surface area contributed by atoms with Crippen molar-refractivity contribution in [3.63, 3.8) is 0 Å². The standard InChI is InChI=1S/C23H20ClF3O4/c1-4-29-21(28)22(2,3)31-18-9-6-14-5-8-17(11-15(14)12-18)30-20-10-7-16(13-19(20)24)23(25,26)27/h5-13H,4H2,1-3H3. The number of carbonyl (C=O) groups is 1. The van der Waals surface area contributed by atoms with E-state index in [4.69, 9.17) is 25.8 Å². The third kappa shape index (κ3) is 5.41. The molecular weight excluding hydrogens is 433 g/mol. The summed E-state index contributed by atoms with van der Waals surface area (Å²) in [5.74, 6) is 0.459. The predicted octanol–water partition coefficient (Wildman–Crippen LogP) is 7.02. The summed E-state index contributed by atoms with van der Waals surface area (Å²) in [6, 6.07) is 13.4. The van der Waals surface area contributed by atoms with E-state index in [1.807, 2.05) is 6.07 Å². The summed E-state index contributed by atoms with van der Waals surface area (Å²) >= 11 is 5.97. The average Bonchev–Trinajstić information content (AvgIpc) is 2.68. The number of alkyl halides is 3. The van der Waals surface area contributed by atoms with Crippen LogP contribution in [-0.4, -0.2) is 18.2 Å². The summed E-state index contributed by atoms with van der Waals surface area (Å²) in [6.45, 7) is 5.19. The second kappa shape index (κ2) is 8.67. The first kappa shape index (κ1) is 22.7. The van der Waals surface area contributed by atoms with Crippen molar-refractivity contribution in [2.45, 2.75) is 32.5 Å². The molecule has 0 spiro atoms. The molecule has 0 aromatic heterocycles. The van der Waals surface area contributed by atoms with Crippen molar-refractivity contribution in [3.05, 3.63) is 65.2 Å². The van der Waals surface area contributed by atoms with Gasteiger partial charge in [0.2, 0.25) is 0 Å². The van der Waals surface area contributed by atoms with E-state index < -0.39 is 23.3 Å². The second-order valence-electron chi connectivity index (χ2n) is 7.25. The monoisotopic (exact) mass is 452 g/mol. The molecule has 31 heavy (non-hydrogen) atoms. The fourth-order valence-electron chi connectivity index (χ4n) is 2.86. The summed E-state index contributed by atoms with van der Waals surface area (Å²) in [7, 11) is 0. The zero-order valence-corrected chi connectivity index (χ0v) is 17.8. The van der Waals surface area contributed by atoms with Crippen molar-refractivity contribution in [3.8, 4) is 17.2 Å². The molecule has 0 fully saturated rings. The maximum absolute atomic E-state index is 12.8. The maximum Gasteiger partial charge on any atom is 0.416 e. The number of ether oxygens (including phenoxy) is 3. The minimum atomic E-state index is -4.49. The van der Waals surface area contributed by atoms with E-state index in [2.05, 4.69) is 0 Å². The summed E-state index contributed by atoms with van der Waals surface area (Å²) in [4.78, 5) is 12.1. The molecular formula is C23H20ClF3O4. The van der Waals surface area contributed by atoms with Crippen molar-refractivity contribution in [2.24, 2.45) is 0 Å². The highest BCUT2D eigenvalue weighted by Crippen LogP contribution is 2.37. The predicted molar refractivity (Wildman–Crippen MR) is 112 cm³/mol. The van der Waals surface area contributed by atoms with Crippen LogP contribution < -0.4 is 9.47 Å². The van der Waals surface area contributed by atoms with E-state index >= 15 is 0 Å². The van der Waals surface area contributed by atoms with Crippen LogP contribution in [0.1, 0.15) is 26.3 Å². The molecule has 0 bridgehead atoms. The van der Waals surface area contributed by atoms with E-state index in [0.717, 1.165) is 22.9 Å². The molecule has 0 atom stereocenters. The molecule has 3 rings (SSSR count). The van der Waals surface area contributed by atoms with Gasteiger partial charge in [-0.05, 0) is 74.0 Å². The zero-order chi connectivity index (χ0) is 22.8. The number of carbonyl (C=O) groups excluding carboxylic acids is 1. The van der Waals surface area contributed by atoms with Gasteiger partial charge in [-0.2, -0.15) is 13.2 Å². The molecule has 8 heteroatoms. The Balaban J connectivity index is 1.85. The quantitative estimate of drug-likeness (QED) is 0.377. The highest BCUT2D eigenvalue weighted by Gasteiger charge is 2.32. The van der Waals surface area contributed by atoms with Crippen molar-refractivity contribution in [2.75, 3.05) is 6.61 Å². The normalized spacial score (nSPS) is 12.0. The van der Waals surface area contributed by atoms with Gasteiger partial charge in [0.15, 0.2) is 5.60 Å². The smallest absolute Gasteiger partial charge is 0.416 e. The Morgan fingerprint density at radius 3 is 2.19 bits per heavy atom. The Morgan fingerprint density at radius 2 is 1.58 bits per heavy atom. The lowest BCUT2D eigenvalue weighted by atomic mass is 10.1. The fraction of sp³-hybridized carbons (Fsp3) is 0.261. The van der Waals surface area contributed by atoms with Crippen molar-refractivity contribution < 1.29 is 32.2 Å². The molecule has 0 aliphatic carbocycles. The van der Waals surface area contributed by atoms with E-state index in [9.17, 15) is 18.0 Å². The number of esters is 1. The summed E-state index contributed by atoms with van der Waals surface area (Å²) in [5.41, 5.74) is -2.03. The van der Waals surface area contributed by atoms with Crippen LogP contribution in [0.15, 0.2) is 54.6 Å². The SMILES string of the molecule is CCOC(=O)C(C)(C)Oc1ccc2ccc(Oc3ccc(C(F)(F)F)cc3Cl)cc2c1. The van der Waals surface area contributed by atoms with Crippen LogP contribution in [0.2, 0.25) is 5.02 Å². The lowest BCUT2D eigenvalue weighted by Crippen LogP contribution is -2.39. The summed E-state index contributed by atoms with van der Waals surface area (Å²) in [6.07, 6.45) is -4.49. The van der Waals surface area contributed by atoms with Gasteiger partial charge in [0.1, 0.15) is 17.2 Å². The highest BCUT2D eigenvalue weighted by atomic mass is 35.5. The second-order valence-corrected chi connectivity index (χ2v) is 7.66. The van der Waals surface area contributed by atoms with E-state index in [-0.39, 0.29) is 17.4 Å². The molecule has 0 radical (unpaired) electrons. The van der Waals surface area contributed by atoms with Crippen molar-refractivity contribution >= 4 is 28.3 Å².